The third-order valence-electron chi connectivity index (χ3n) is 3.52. The number of rotatable bonds is 3. The van der Waals surface area contributed by atoms with Crippen molar-refractivity contribution in [3.63, 3.8) is 0 Å². The van der Waals surface area contributed by atoms with Crippen molar-refractivity contribution in [1.82, 2.24) is 0 Å². The molecule has 0 amide bonds. The van der Waals surface area contributed by atoms with Gasteiger partial charge in [-0.15, -0.1) is 0 Å². The Bertz CT molecular complexity index is 526. The quantitative estimate of drug-likeness (QED) is 0.871. The molecule has 1 aromatic carbocycles. The molecule has 0 radical (unpaired) electrons. The molecule has 0 aliphatic carbocycles. The van der Waals surface area contributed by atoms with Crippen LogP contribution in [0.5, 0.6) is 0 Å². The molecule has 2 unspecified atom stereocenters. The zero-order chi connectivity index (χ0) is 15.6. The fraction of sp³-hybridized carbons (Fsp3) is 0.533. The van der Waals surface area contributed by atoms with Gasteiger partial charge in [0.2, 0.25) is 0 Å². The van der Waals surface area contributed by atoms with Gasteiger partial charge in [-0.3, -0.25) is 0 Å². The molecule has 21 heavy (non-hydrogen) atoms. The van der Waals surface area contributed by atoms with Crippen molar-refractivity contribution in [2.75, 3.05) is 12.4 Å². The Balaban J connectivity index is 2.21. The van der Waals surface area contributed by atoms with E-state index in [0.29, 0.717) is 18.9 Å². The summed E-state index contributed by atoms with van der Waals surface area (Å²) >= 11 is 0. The summed E-state index contributed by atoms with van der Waals surface area (Å²) in [6.45, 7) is 3.90. The molecule has 6 heteroatoms. The summed E-state index contributed by atoms with van der Waals surface area (Å²) in [5.41, 5.74) is -0.183. The predicted octanol–water partition coefficient (Wildman–Crippen LogP) is 3.12. The van der Waals surface area contributed by atoms with E-state index in [2.05, 4.69) is 10.1 Å². The smallest absolute Gasteiger partial charge is 0.340 e. The molecule has 2 atom stereocenters. The first-order chi connectivity index (χ1) is 9.90. The molecule has 4 nitrogen and oxygen atoms in total. The van der Waals surface area contributed by atoms with Crippen molar-refractivity contribution < 1.29 is 23.0 Å². The van der Waals surface area contributed by atoms with Crippen LogP contribution in [0.3, 0.4) is 0 Å². The lowest BCUT2D eigenvalue weighted by Gasteiger charge is -2.33. The number of carbonyl (C=O) groups is 1. The van der Waals surface area contributed by atoms with Crippen molar-refractivity contribution in [2.24, 2.45) is 0 Å². The number of anilines is 1. The highest BCUT2D eigenvalue weighted by Gasteiger charge is 2.26. The van der Waals surface area contributed by atoms with Crippen LogP contribution in [0.1, 0.15) is 37.0 Å². The molecule has 0 spiro atoms. The molecule has 0 saturated carbocycles. The standard InChI is InChI=1S/C15H19F2NO3/c1-8-4-10(5-9(2)21-8)18-14-6-11(15(19)20-3)12(16)7-13(14)17/h6-10,18H,4-5H2,1-3H3. The van der Waals surface area contributed by atoms with Crippen molar-refractivity contribution >= 4 is 11.7 Å². The maximum atomic E-state index is 13.9. The normalized spacial score (nSPS) is 25.5. The highest BCUT2D eigenvalue weighted by Crippen LogP contribution is 2.26. The van der Waals surface area contributed by atoms with Crippen LogP contribution in [0.15, 0.2) is 12.1 Å². The first-order valence-corrected chi connectivity index (χ1v) is 6.90. The van der Waals surface area contributed by atoms with Gasteiger partial charge < -0.3 is 14.8 Å². The Kier molecular flexibility index (Phi) is 4.77. The Hall–Kier alpha value is -1.69. The summed E-state index contributed by atoms with van der Waals surface area (Å²) in [6.07, 6.45) is 1.56. The van der Waals surface area contributed by atoms with E-state index in [9.17, 15) is 13.6 Å². The molecule has 2 rings (SSSR count). The second-order valence-corrected chi connectivity index (χ2v) is 5.37. The van der Waals surface area contributed by atoms with Crippen LogP contribution in [0.4, 0.5) is 14.5 Å². The number of nitrogens with one attached hydrogen (secondary N) is 1. The number of hydrogen-bond acceptors (Lipinski definition) is 4. The summed E-state index contributed by atoms with van der Waals surface area (Å²) in [7, 11) is 1.15. The number of methoxy groups -OCH3 is 1. The van der Waals surface area contributed by atoms with Crippen molar-refractivity contribution in [3.8, 4) is 0 Å². The van der Waals surface area contributed by atoms with Gasteiger partial charge >= 0.3 is 5.97 Å². The maximum absolute atomic E-state index is 13.9. The van der Waals surface area contributed by atoms with E-state index in [4.69, 9.17) is 4.74 Å². The SMILES string of the molecule is COC(=O)c1cc(NC2CC(C)OC(C)C2)c(F)cc1F. The minimum absolute atomic E-state index is 0.00853. The Labute approximate surface area is 122 Å². The Morgan fingerprint density at radius 1 is 1.24 bits per heavy atom. The van der Waals surface area contributed by atoms with Crippen LogP contribution in [0, 0.1) is 11.6 Å². The highest BCUT2D eigenvalue weighted by atomic mass is 19.1. The van der Waals surface area contributed by atoms with E-state index >= 15 is 0 Å². The highest BCUT2D eigenvalue weighted by molar-refractivity contribution is 5.90. The Morgan fingerprint density at radius 3 is 2.43 bits per heavy atom. The zero-order valence-corrected chi connectivity index (χ0v) is 12.3. The summed E-state index contributed by atoms with van der Waals surface area (Å²) in [5, 5.41) is 3.03. The van der Waals surface area contributed by atoms with Crippen molar-refractivity contribution in [3.05, 3.63) is 29.3 Å². The van der Waals surface area contributed by atoms with Gasteiger partial charge in [-0.2, -0.15) is 0 Å². The van der Waals surface area contributed by atoms with E-state index in [1.54, 1.807) is 0 Å². The molecule has 1 N–H and O–H groups in total. The van der Waals surface area contributed by atoms with Gasteiger partial charge in [0.15, 0.2) is 0 Å². The van der Waals surface area contributed by atoms with E-state index < -0.39 is 17.6 Å². The van der Waals surface area contributed by atoms with E-state index in [0.717, 1.165) is 13.2 Å². The van der Waals surface area contributed by atoms with Gasteiger partial charge in [0.25, 0.3) is 0 Å². The largest absolute Gasteiger partial charge is 0.465 e. The third kappa shape index (κ3) is 3.69. The number of benzene rings is 1. The minimum Gasteiger partial charge on any atom is -0.465 e. The Morgan fingerprint density at radius 2 is 1.86 bits per heavy atom. The van der Waals surface area contributed by atoms with Crippen molar-refractivity contribution in [1.29, 1.82) is 0 Å². The van der Waals surface area contributed by atoms with Crippen LogP contribution in [0.2, 0.25) is 0 Å². The predicted molar refractivity (Wildman–Crippen MR) is 74.4 cm³/mol. The molecule has 1 aliphatic rings. The summed E-state index contributed by atoms with van der Waals surface area (Å²) in [6, 6.07) is 1.86. The molecule has 0 bridgehead atoms. The third-order valence-corrected chi connectivity index (χ3v) is 3.52. The number of carbonyl (C=O) groups excluding carboxylic acids is 1. The van der Waals surface area contributed by atoms with Crippen LogP contribution in [-0.4, -0.2) is 31.3 Å². The monoisotopic (exact) mass is 299 g/mol. The second kappa shape index (κ2) is 6.39. The average Bonchev–Trinajstić information content (AvgIpc) is 2.40. The van der Waals surface area contributed by atoms with Crippen LogP contribution in [-0.2, 0) is 9.47 Å². The van der Waals surface area contributed by atoms with Crippen LogP contribution in [0.25, 0.3) is 0 Å². The van der Waals surface area contributed by atoms with E-state index in [1.807, 2.05) is 13.8 Å². The number of esters is 1. The van der Waals surface area contributed by atoms with E-state index in [1.165, 1.54) is 0 Å². The van der Waals surface area contributed by atoms with Gasteiger partial charge in [-0.1, -0.05) is 0 Å². The molecular weight excluding hydrogens is 280 g/mol. The van der Waals surface area contributed by atoms with E-state index in [-0.39, 0.29) is 29.5 Å². The molecule has 1 fully saturated rings. The number of ether oxygens (including phenoxy) is 2. The lowest BCUT2D eigenvalue weighted by Crippen LogP contribution is -2.37. The second-order valence-electron chi connectivity index (χ2n) is 5.37. The topological polar surface area (TPSA) is 47.6 Å². The van der Waals surface area contributed by atoms with Gasteiger partial charge in [0, 0.05) is 12.1 Å². The first kappa shape index (κ1) is 15.7. The zero-order valence-electron chi connectivity index (χ0n) is 12.3. The molecule has 116 valence electrons. The number of hydrogen-bond donors (Lipinski definition) is 1. The van der Waals surface area contributed by atoms with Gasteiger partial charge in [-0.25, -0.2) is 13.6 Å². The molecule has 0 aromatic heterocycles. The molecule has 1 heterocycles. The van der Waals surface area contributed by atoms with Crippen LogP contribution < -0.4 is 5.32 Å². The lowest BCUT2D eigenvalue weighted by molar-refractivity contribution is -0.0338. The lowest BCUT2D eigenvalue weighted by atomic mass is 9.99. The molecule has 1 aliphatic heterocycles. The first-order valence-electron chi connectivity index (χ1n) is 6.90. The van der Waals surface area contributed by atoms with Gasteiger partial charge in [0.1, 0.15) is 11.6 Å². The van der Waals surface area contributed by atoms with Gasteiger partial charge in [0.05, 0.1) is 30.6 Å². The minimum atomic E-state index is -0.932. The fourth-order valence-corrected chi connectivity index (χ4v) is 2.67. The average molecular weight is 299 g/mol. The fourth-order valence-electron chi connectivity index (χ4n) is 2.67. The van der Waals surface area contributed by atoms with Crippen LogP contribution >= 0.6 is 0 Å². The molecular formula is C15H19F2NO3. The maximum Gasteiger partial charge on any atom is 0.340 e. The summed E-state index contributed by atoms with van der Waals surface area (Å²) < 4.78 is 37.5. The van der Waals surface area contributed by atoms with Crippen molar-refractivity contribution in [2.45, 2.75) is 44.9 Å². The van der Waals surface area contributed by atoms with Gasteiger partial charge in [-0.05, 0) is 32.8 Å². The molecule has 1 aromatic rings. The number of halogens is 2. The summed E-state index contributed by atoms with van der Waals surface area (Å²) in [4.78, 5) is 11.5. The summed E-state index contributed by atoms with van der Waals surface area (Å²) in [5.74, 6) is -2.49. The molecule has 1 saturated heterocycles.